The number of benzene rings is 2. The molecule has 0 bridgehead atoms. The standard InChI is InChI=1S/C26H21O3S/c27-25(29-26(15-3-4-16-26)17-13-22-7-5-18-28-22)21-9-11-23(12-10-21)30-19-14-20-6-1-2-8-24(20)30/h1-2,5-12,14,18-19H,3-4,15-16H2/q+1. The predicted octanol–water partition coefficient (Wildman–Crippen LogP) is 6.69. The van der Waals surface area contributed by atoms with Gasteiger partial charge in [-0.2, -0.15) is 0 Å². The van der Waals surface area contributed by atoms with Crippen LogP contribution in [-0.4, -0.2) is 11.6 Å². The second-order valence-electron chi connectivity index (χ2n) is 7.52. The first kappa shape index (κ1) is 18.7. The molecule has 2 heterocycles. The highest BCUT2D eigenvalue weighted by molar-refractivity contribution is 7.43. The fourth-order valence-corrected chi connectivity index (χ4v) is 5.82. The third-order valence-corrected chi connectivity index (χ3v) is 7.55. The fraction of sp³-hybridized carbons (Fsp3) is 0.192. The van der Waals surface area contributed by atoms with Crippen molar-refractivity contribution in [2.24, 2.45) is 0 Å². The molecule has 0 amide bonds. The molecule has 4 heteroatoms. The van der Waals surface area contributed by atoms with Crippen LogP contribution in [0.25, 0.3) is 15.0 Å². The zero-order valence-corrected chi connectivity index (χ0v) is 17.3. The van der Waals surface area contributed by atoms with Crippen molar-refractivity contribution >= 4 is 26.5 Å². The SMILES string of the molecule is O=C(OC1(C#Cc2ccco2)CCCC1)c1ccc(-[s+]2ccc3ccccc32)cc1. The number of esters is 1. The zero-order chi connectivity index (χ0) is 20.4. The molecule has 1 atom stereocenters. The molecule has 5 rings (SSSR count). The van der Waals surface area contributed by atoms with E-state index in [-0.39, 0.29) is 16.4 Å². The van der Waals surface area contributed by atoms with E-state index in [0.717, 1.165) is 25.7 Å². The number of thiophene rings is 1. The number of rotatable bonds is 3. The molecular formula is C26H21O3S+. The fourth-order valence-electron chi connectivity index (χ4n) is 3.94. The van der Waals surface area contributed by atoms with Gasteiger partial charge in [-0.25, -0.2) is 4.79 Å². The van der Waals surface area contributed by atoms with E-state index >= 15 is 0 Å². The van der Waals surface area contributed by atoms with Crippen LogP contribution in [0.5, 0.6) is 0 Å². The minimum atomic E-state index is -0.725. The summed E-state index contributed by atoms with van der Waals surface area (Å²) in [5.41, 5.74) is -0.165. The van der Waals surface area contributed by atoms with E-state index in [1.165, 1.54) is 15.0 Å². The Morgan fingerprint density at radius 3 is 2.53 bits per heavy atom. The molecule has 2 aromatic heterocycles. The van der Waals surface area contributed by atoms with Crippen molar-refractivity contribution in [2.75, 3.05) is 0 Å². The Balaban J connectivity index is 1.37. The Labute approximate surface area is 178 Å². The first-order valence-electron chi connectivity index (χ1n) is 10.1. The monoisotopic (exact) mass is 413 g/mol. The number of carbonyl (C=O) groups excluding carboxylic acids is 1. The predicted molar refractivity (Wildman–Crippen MR) is 120 cm³/mol. The lowest BCUT2D eigenvalue weighted by atomic mass is 10.0. The Bertz CT molecular complexity index is 1230. The van der Waals surface area contributed by atoms with Crippen molar-refractivity contribution in [1.82, 2.24) is 0 Å². The Kier molecular flexibility index (Phi) is 4.90. The summed E-state index contributed by atoms with van der Waals surface area (Å²) in [5.74, 6) is 6.46. The minimum absolute atomic E-state index is 0.0851. The highest BCUT2D eigenvalue weighted by atomic mass is 32.2. The van der Waals surface area contributed by atoms with Gasteiger partial charge in [-0.1, -0.05) is 12.1 Å². The first-order valence-corrected chi connectivity index (χ1v) is 11.4. The van der Waals surface area contributed by atoms with Crippen molar-refractivity contribution in [3.05, 3.63) is 89.7 Å². The van der Waals surface area contributed by atoms with Gasteiger partial charge >= 0.3 is 5.97 Å². The van der Waals surface area contributed by atoms with Crippen LogP contribution in [0.4, 0.5) is 0 Å². The van der Waals surface area contributed by atoms with E-state index in [2.05, 4.69) is 47.6 Å². The largest absolute Gasteiger partial charge is 0.456 e. The molecule has 1 saturated carbocycles. The van der Waals surface area contributed by atoms with Crippen molar-refractivity contribution in [3.8, 4) is 16.7 Å². The molecule has 30 heavy (non-hydrogen) atoms. The molecule has 0 spiro atoms. The molecule has 0 saturated heterocycles. The smallest absolute Gasteiger partial charge is 0.339 e. The summed E-state index contributed by atoms with van der Waals surface area (Å²) in [7, 11) is -0.0851. The number of fused-ring (bicyclic) bond motifs is 1. The van der Waals surface area contributed by atoms with Crippen LogP contribution in [-0.2, 0) is 4.74 Å². The maximum Gasteiger partial charge on any atom is 0.339 e. The molecule has 1 unspecified atom stereocenters. The normalized spacial score (nSPS) is 15.5. The van der Waals surface area contributed by atoms with Gasteiger partial charge < -0.3 is 9.15 Å². The quantitative estimate of drug-likeness (QED) is 0.213. The van der Waals surface area contributed by atoms with Gasteiger partial charge in [0.1, 0.15) is 5.38 Å². The lowest BCUT2D eigenvalue weighted by Gasteiger charge is -2.23. The molecule has 1 aliphatic carbocycles. The zero-order valence-electron chi connectivity index (χ0n) is 16.5. The van der Waals surface area contributed by atoms with E-state index in [1.807, 2.05) is 30.3 Å². The van der Waals surface area contributed by atoms with E-state index < -0.39 is 5.60 Å². The molecule has 2 aromatic carbocycles. The van der Waals surface area contributed by atoms with Crippen molar-refractivity contribution < 1.29 is 13.9 Å². The third-order valence-electron chi connectivity index (χ3n) is 5.52. The number of hydrogen-bond acceptors (Lipinski definition) is 3. The molecule has 1 aliphatic rings. The average molecular weight is 414 g/mol. The number of hydrogen-bond donors (Lipinski definition) is 0. The highest BCUT2D eigenvalue weighted by Crippen LogP contribution is 2.39. The maximum absolute atomic E-state index is 12.9. The summed E-state index contributed by atoms with van der Waals surface area (Å²) < 4.78 is 12.6. The van der Waals surface area contributed by atoms with Gasteiger partial charge in [0.25, 0.3) is 0 Å². The van der Waals surface area contributed by atoms with E-state index in [9.17, 15) is 4.79 Å². The second kappa shape index (κ2) is 7.85. The van der Waals surface area contributed by atoms with Crippen molar-refractivity contribution in [1.29, 1.82) is 0 Å². The van der Waals surface area contributed by atoms with Crippen LogP contribution in [0.3, 0.4) is 0 Å². The first-order chi connectivity index (χ1) is 14.7. The summed E-state index contributed by atoms with van der Waals surface area (Å²) in [5, 5.41) is 3.50. The molecule has 3 nitrogen and oxygen atoms in total. The summed E-state index contributed by atoms with van der Waals surface area (Å²) >= 11 is 0. The van der Waals surface area contributed by atoms with E-state index in [4.69, 9.17) is 9.15 Å². The van der Waals surface area contributed by atoms with Crippen LogP contribution >= 0.6 is 10.5 Å². The summed E-state index contributed by atoms with van der Waals surface area (Å²) in [4.78, 5) is 14.1. The maximum atomic E-state index is 12.9. The van der Waals surface area contributed by atoms with E-state index in [1.54, 1.807) is 12.3 Å². The summed E-state index contributed by atoms with van der Waals surface area (Å²) in [6.07, 6.45) is 5.13. The highest BCUT2D eigenvalue weighted by Gasteiger charge is 2.36. The number of furan rings is 1. The molecule has 0 aliphatic heterocycles. The average Bonchev–Trinajstić information content (AvgIpc) is 3.53. The van der Waals surface area contributed by atoms with Gasteiger partial charge in [-0.15, -0.1) is 0 Å². The van der Waals surface area contributed by atoms with E-state index in [0.29, 0.717) is 11.3 Å². The van der Waals surface area contributed by atoms with Gasteiger partial charge in [-0.05, 0) is 86.1 Å². The molecule has 0 radical (unpaired) electrons. The molecule has 1 fully saturated rings. The number of ether oxygens (including phenoxy) is 1. The van der Waals surface area contributed by atoms with Crippen LogP contribution in [0.15, 0.2) is 82.8 Å². The molecule has 4 aromatic rings. The summed E-state index contributed by atoms with van der Waals surface area (Å²) in [6.45, 7) is 0. The molecule has 148 valence electrons. The molecular weight excluding hydrogens is 392 g/mol. The second-order valence-corrected chi connectivity index (χ2v) is 9.38. The van der Waals surface area contributed by atoms with Crippen LogP contribution in [0, 0.1) is 11.8 Å². The van der Waals surface area contributed by atoms with Crippen LogP contribution in [0.1, 0.15) is 41.8 Å². The van der Waals surface area contributed by atoms with Gasteiger partial charge in [0.05, 0.1) is 11.8 Å². The van der Waals surface area contributed by atoms with Gasteiger partial charge in [0.2, 0.25) is 0 Å². The Morgan fingerprint density at radius 1 is 0.967 bits per heavy atom. The lowest BCUT2D eigenvalue weighted by Crippen LogP contribution is -2.30. The number of carbonyl (C=O) groups is 1. The van der Waals surface area contributed by atoms with Gasteiger partial charge in [0.15, 0.2) is 21.0 Å². The van der Waals surface area contributed by atoms with Crippen LogP contribution in [0.2, 0.25) is 0 Å². The van der Waals surface area contributed by atoms with Gasteiger partial charge in [0, 0.05) is 21.9 Å². The van der Waals surface area contributed by atoms with Crippen LogP contribution < -0.4 is 0 Å². The van der Waals surface area contributed by atoms with Crippen molar-refractivity contribution in [3.63, 3.8) is 0 Å². The topological polar surface area (TPSA) is 39.4 Å². The Hall–Kier alpha value is -3.29. The molecule has 0 N–H and O–H groups in total. The van der Waals surface area contributed by atoms with Crippen molar-refractivity contribution in [2.45, 2.75) is 31.3 Å². The third kappa shape index (κ3) is 3.65. The minimum Gasteiger partial charge on any atom is -0.456 e. The summed E-state index contributed by atoms with van der Waals surface area (Å²) in [6, 6.07) is 22.0. The lowest BCUT2D eigenvalue weighted by molar-refractivity contribution is 0.0103. The Morgan fingerprint density at radius 2 is 1.77 bits per heavy atom. The van der Waals surface area contributed by atoms with Gasteiger partial charge in [-0.3, -0.25) is 0 Å².